The molecular formula is C16H24O9S. The lowest BCUT2D eigenvalue weighted by atomic mass is 9.99. The standard InChI is InChI=1S/C16H24O9S/c1-6-26-16-15(24-11(5)20)14(23-10(4)19)13(22-9(3)18)12(25-16)7-21-8(2)17/h12-16H,6-7H2,1-5H3/t12-,13+,14+,15-,16-/m0/s1. The van der Waals surface area contributed by atoms with Crippen LogP contribution in [0.5, 0.6) is 0 Å². The van der Waals surface area contributed by atoms with Crippen molar-refractivity contribution < 1.29 is 42.9 Å². The van der Waals surface area contributed by atoms with Gasteiger partial charge in [0.25, 0.3) is 0 Å². The van der Waals surface area contributed by atoms with Crippen molar-refractivity contribution in [2.75, 3.05) is 12.4 Å². The minimum Gasteiger partial charge on any atom is -0.463 e. The van der Waals surface area contributed by atoms with E-state index in [4.69, 9.17) is 23.7 Å². The van der Waals surface area contributed by atoms with Crippen molar-refractivity contribution in [2.24, 2.45) is 0 Å². The smallest absolute Gasteiger partial charge is 0.303 e. The van der Waals surface area contributed by atoms with Gasteiger partial charge in [-0.05, 0) is 5.75 Å². The Morgan fingerprint density at radius 1 is 0.808 bits per heavy atom. The molecule has 0 spiro atoms. The third kappa shape index (κ3) is 6.83. The summed E-state index contributed by atoms with van der Waals surface area (Å²) in [7, 11) is 0. The van der Waals surface area contributed by atoms with Crippen molar-refractivity contribution in [1.82, 2.24) is 0 Å². The molecule has 5 atom stereocenters. The van der Waals surface area contributed by atoms with Crippen LogP contribution < -0.4 is 0 Å². The largest absolute Gasteiger partial charge is 0.463 e. The number of carbonyl (C=O) groups excluding carboxylic acids is 4. The summed E-state index contributed by atoms with van der Waals surface area (Å²) in [6.45, 7) is 6.48. The molecule has 1 saturated heterocycles. The molecule has 10 heteroatoms. The van der Waals surface area contributed by atoms with E-state index >= 15 is 0 Å². The summed E-state index contributed by atoms with van der Waals surface area (Å²) < 4.78 is 26.7. The molecule has 26 heavy (non-hydrogen) atoms. The molecule has 0 saturated carbocycles. The zero-order chi connectivity index (χ0) is 19.9. The van der Waals surface area contributed by atoms with E-state index in [0.29, 0.717) is 5.75 Å². The minimum atomic E-state index is -1.10. The van der Waals surface area contributed by atoms with Crippen LogP contribution in [0.3, 0.4) is 0 Å². The van der Waals surface area contributed by atoms with Crippen molar-refractivity contribution >= 4 is 35.6 Å². The van der Waals surface area contributed by atoms with Crippen LogP contribution in [0, 0.1) is 0 Å². The zero-order valence-electron chi connectivity index (χ0n) is 15.4. The molecule has 0 radical (unpaired) electrons. The van der Waals surface area contributed by atoms with E-state index in [1.165, 1.54) is 39.5 Å². The van der Waals surface area contributed by atoms with Crippen molar-refractivity contribution in [3.8, 4) is 0 Å². The first kappa shape index (κ1) is 22.2. The van der Waals surface area contributed by atoms with Gasteiger partial charge in [-0.1, -0.05) is 6.92 Å². The number of thioether (sulfide) groups is 1. The predicted octanol–water partition coefficient (Wildman–Crippen LogP) is 0.823. The van der Waals surface area contributed by atoms with Gasteiger partial charge in [0.1, 0.15) is 18.1 Å². The highest BCUT2D eigenvalue weighted by Gasteiger charge is 2.52. The summed E-state index contributed by atoms with van der Waals surface area (Å²) in [5.41, 5.74) is -0.694. The normalized spacial score (nSPS) is 28.0. The van der Waals surface area contributed by atoms with Gasteiger partial charge < -0.3 is 23.7 Å². The maximum Gasteiger partial charge on any atom is 0.303 e. The van der Waals surface area contributed by atoms with Crippen molar-refractivity contribution in [1.29, 1.82) is 0 Å². The van der Waals surface area contributed by atoms with Crippen molar-refractivity contribution in [2.45, 2.75) is 64.5 Å². The molecule has 1 heterocycles. The number of ether oxygens (including phenoxy) is 5. The maximum absolute atomic E-state index is 11.6. The highest BCUT2D eigenvalue weighted by Crippen LogP contribution is 2.34. The average Bonchev–Trinajstić information content (AvgIpc) is 2.50. The number of esters is 4. The number of hydrogen-bond donors (Lipinski definition) is 0. The van der Waals surface area contributed by atoms with Crippen molar-refractivity contribution in [3.63, 3.8) is 0 Å². The Hall–Kier alpha value is -1.81. The van der Waals surface area contributed by atoms with E-state index in [1.54, 1.807) is 0 Å². The molecule has 0 amide bonds. The Balaban J connectivity index is 3.22. The van der Waals surface area contributed by atoms with Crippen LogP contribution in [0.1, 0.15) is 34.6 Å². The third-order valence-electron chi connectivity index (χ3n) is 3.28. The van der Waals surface area contributed by atoms with Crippen LogP contribution in [-0.2, 0) is 42.9 Å². The molecule has 0 aromatic rings. The quantitative estimate of drug-likeness (QED) is 0.455. The van der Waals surface area contributed by atoms with Crippen LogP contribution in [0.4, 0.5) is 0 Å². The van der Waals surface area contributed by atoms with Crippen molar-refractivity contribution in [3.05, 3.63) is 0 Å². The summed E-state index contributed by atoms with van der Waals surface area (Å²) in [5.74, 6) is -1.81. The fourth-order valence-electron chi connectivity index (χ4n) is 2.49. The van der Waals surface area contributed by atoms with E-state index in [9.17, 15) is 19.2 Å². The van der Waals surface area contributed by atoms with Gasteiger partial charge in [-0.3, -0.25) is 19.2 Å². The van der Waals surface area contributed by atoms with Gasteiger partial charge in [-0.25, -0.2) is 0 Å². The second kappa shape index (κ2) is 10.4. The molecule has 0 aromatic carbocycles. The van der Waals surface area contributed by atoms with Crippen LogP contribution in [-0.4, -0.2) is 66.1 Å². The fourth-order valence-corrected chi connectivity index (χ4v) is 3.44. The van der Waals surface area contributed by atoms with Gasteiger partial charge >= 0.3 is 23.9 Å². The second-order valence-electron chi connectivity index (χ2n) is 5.52. The molecule has 0 unspecified atom stereocenters. The molecule has 0 aliphatic carbocycles. The number of carbonyl (C=O) groups is 4. The monoisotopic (exact) mass is 392 g/mol. The van der Waals surface area contributed by atoms with Crippen LogP contribution >= 0.6 is 11.8 Å². The van der Waals surface area contributed by atoms with Crippen LogP contribution in [0.25, 0.3) is 0 Å². The van der Waals surface area contributed by atoms with E-state index < -0.39 is 53.7 Å². The zero-order valence-corrected chi connectivity index (χ0v) is 16.2. The molecule has 9 nitrogen and oxygen atoms in total. The Labute approximate surface area is 156 Å². The summed E-state index contributed by atoms with van der Waals surface area (Å²) in [5, 5.41) is 0. The topological polar surface area (TPSA) is 114 Å². The van der Waals surface area contributed by atoms with Gasteiger partial charge in [0.2, 0.25) is 0 Å². The van der Waals surface area contributed by atoms with Gasteiger partial charge in [0.15, 0.2) is 18.3 Å². The number of rotatable bonds is 7. The lowest BCUT2D eigenvalue weighted by molar-refractivity contribution is -0.237. The Morgan fingerprint density at radius 2 is 1.31 bits per heavy atom. The fraction of sp³-hybridized carbons (Fsp3) is 0.750. The van der Waals surface area contributed by atoms with E-state index in [0.717, 1.165) is 0 Å². The minimum absolute atomic E-state index is 0.210. The van der Waals surface area contributed by atoms with Crippen LogP contribution in [0.15, 0.2) is 0 Å². The number of hydrogen-bond acceptors (Lipinski definition) is 10. The van der Waals surface area contributed by atoms with E-state index in [2.05, 4.69) is 0 Å². The molecule has 1 rings (SSSR count). The molecule has 1 fully saturated rings. The highest BCUT2D eigenvalue weighted by molar-refractivity contribution is 7.99. The van der Waals surface area contributed by atoms with Gasteiger partial charge in [-0.15, -0.1) is 11.8 Å². The molecule has 1 aliphatic rings. The Bertz CT molecular complexity index is 536. The Kier molecular flexibility index (Phi) is 8.86. The first-order chi connectivity index (χ1) is 12.1. The third-order valence-corrected chi connectivity index (χ3v) is 4.32. The summed E-state index contributed by atoms with van der Waals surface area (Å²) >= 11 is 1.32. The lowest BCUT2D eigenvalue weighted by Crippen LogP contribution is -2.61. The first-order valence-corrected chi connectivity index (χ1v) is 9.12. The summed E-state index contributed by atoms with van der Waals surface area (Å²) in [6.07, 6.45) is -4.07. The highest BCUT2D eigenvalue weighted by atomic mass is 32.2. The second-order valence-corrected chi connectivity index (χ2v) is 6.90. The first-order valence-electron chi connectivity index (χ1n) is 8.07. The summed E-state index contributed by atoms with van der Waals surface area (Å²) in [4.78, 5) is 45.8. The molecule has 1 aliphatic heterocycles. The maximum atomic E-state index is 11.6. The predicted molar refractivity (Wildman–Crippen MR) is 90.1 cm³/mol. The lowest BCUT2D eigenvalue weighted by Gasteiger charge is -2.44. The van der Waals surface area contributed by atoms with Gasteiger partial charge in [0.05, 0.1) is 0 Å². The molecule has 148 valence electrons. The van der Waals surface area contributed by atoms with Crippen LogP contribution in [0.2, 0.25) is 0 Å². The molecule has 0 bridgehead atoms. The van der Waals surface area contributed by atoms with E-state index in [1.807, 2.05) is 6.92 Å². The molecule has 0 N–H and O–H groups in total. The summed E-state index contributed by atoms with van der Waals surface area (Å²) in [6, 6.07) is 0. The van der Waals surface area contributed by atoms with E-state index in [-0.39, 0.29) is 6.61 Å². The SMILES string of the molecule is CCS[C@@H]1O[C@@H](COC(C)=O)[C@@H](OC(C)=O)[C@@H](OC(C)=O)[C@@H]1OC(C)=O. The van der Waals surface area contributed by atoms with Gasteiger partial charge in [-0.2, -0.15) is 0 Å². The molecule has 0 aromatic heterocycles. The average molecular weight is 392 g/mol. The Morgan fingerprint density at radius 3 is 1.77 bits per heavy atom. The molecular weight excluding hydrogens is 368 g/mol. The van der Waals surface area contributed by atoms with Gasteiger partial charge in [0, 0.05) is 27.7 Å².